The van der Waals surface area contributed by atoms with Gasteiger partial charge in [0, 0.05) is 0 Å². The Kier molecular flexibility index (Phi) is 5.52. The number of hydrogen-bond donors (Lipinski definition) is 0. The molecule has 0 bridgehead atoms. The number of anilines is 2. The van der Waals surface area contributed by atoms with Gasteiger partial charge in [-0.1, -0.05) is 61.7 Å². The maximum absolute atomic E-state index is 13.2. The molecular formula is C22H24N2O2. The SMILES string of the molecule is CCCCCC(C)=C1C(=O)N(c2ccccc2)N(c2ccccc2)C1=O. The topological polar surface area (TPSA) is 40.6 Å². The predicted molar refractivity (Wildman–Crippen MR) is 105 cm³/mol. The predicted octanol–water partition coefficient (Wildman–Crippen LogP) is 4.88. The smallest absolute Gasteiger partial charge is 0.267 e. The van der Waals surface area contributed by atoms with Gasteiger partial charge in [0.25, 0.3) is 11.8 Å². The first-order valence-electron chi connectivity index (χ1n) is 9.13. The minimum absolute atomic E-state index is 0.251. The zero-order valence-corrected chi connectivity index (χ0v) is 15.3. The molecule has 0 N–H and O–H groups in total. The Bertz CT molecular complexity index is 753. The second-order valence-corrected chi connectivity index (χ2v) is 6.52. The molecule has 1 fully saturated rings. The molecule has 1 saturated heterocycles. The third-order valence-corrected chi connectivity index (χ3v) is 4.60. The Morgan fingerprint density at radius 2 is 1.23 bits per heavy atom. The lowest BCUT2D eigenvalue weighted by atomic mass is 10.0. The first-order valence-corrected chi connectivity index (χ1v) is 9.13. The number of benzene rings is 2. The molecule has 0 radical (unpaired) electrons. The van der Waals surface area contributed by atoms with E-state index in [2.05, 4.69) is 6.92 Å². The summed E-state index contributed by atoms with van der Waals surface area (Å²) in [5.74, 6) is -0.502. The number of carbonyl (C=O) groups excluding carboxylic acids is 2. The Morgan fingerprint density at radius 3 is 1.65 bits per heavy atom. The van der Waals surface area contributed by atoms with E-state index in [-0.39, 0.29) is 11.8 Å². The molecule has 2 aromatic rings. The molecule has 4 nitrogen and oxygen atoms in total. The van der Waals surface area contributed by atoms with Crippen LogP contribution in [0.2, 0.25) is 0 Å². The number of hydrogen-bond acceptors (Lipinski definition) is 2. The number of para-hydroxylation sites is 2. The van der Waals surface area contributed by atoms with Gasteiger partial charge in [-0.2, -0.15) is 0 Å². The minimum Gasteiger partial charge on any atom is -0.267 e. The van der Waals surface area contributed by atoms with Crippen LogP contribution in [0.4, 0.5) is 11.4 Å². The molecule has 0 spiro atoms. The fraction of sp³-hybridized carbons (Fsp3) is 0.273. The van der Waals surface area contributed by atoms with E-state index >= 15 is 0 Å². The van der Waals surface area contributed by atoms with Crippen molar-refractivity contribution < 1.29 is 9.59 Å². The van der Waals surface area contributed by atoms with Crippen molar-refractivity contribution in [2.45, 2.75) is 39.5 Å². The van der Waals surface area contributed by atoms with Gasteiger partial charge in [0.2, 0.25) is 0 Å². The molecule has 0 aromatic heterocycles. The number of nitrogens with zero attached hydrogens (tertiary/aromatic N) is 2. The molecule has 0 unspecified atom stereocenters. The summed E-state index contributed by atoms with van der Waals surface area (Å²) in [7, 11) is 0. The lowest BCUT2D eigenvalue weighted by Crippen LogP contribution is -2.41. The summed E-state index contributed by atoms with van der Waals surface area (Å²) in [6.07, 6.45) is 3.96. The third kappa shape index (κ3) is 3.40. The normalized spacial score (nSPS) is 14.3. The van der Waals surface area contributed by atoms with Gasteiger partial charge in [-0.25, -0.2) is 10.0 Å². The lowest BCUT2D eigenvalue weighted by Gasteiger charge is -2.27. The van der Waals surface area contributed by atoms with Crippen LogP contribution in [0.15, 0.2) is 71.8 Å². The van der Waals surface area contributed by atoms with E-state index in [1.165, 1.54) is 10.0 Å². The van der Waals surface area contributed by atoms with Crippen LogP contribution in [0, 0.1) is 0 Å². The van der Waals surface area contributed by atoms with E-state index in [0.29, 0.717) is 16.9 Å². The van der Waals surface area contributed by atoms with Crippen molar-refractivity contribution in [3.8, 4) is 0 Å². The van der Waals surface area contributed by atoms with Gasteiger partial charge in [-0.3, -0.25) is 9.59 Å². The Hall–Kier alpha value is -2.88. The number of allylic oxidation sites excluding steroid dienone is 1. The van der Waals surface area contributed by atoms with Crippen molar-refractivity contribution >= 4 is 23.2 Å². The summed E-state index contributed by atoms with van der Waals surface area (Å²) < 4.78 is 0. The van der Waals surface area contributed by atoms with Crippen LogP contribution in [0.25, 0.3) is 0 Å². The molecular weight excluding hydrogens is 324 g/mol. The molecule has 4 heteroatoms. The van der Waals surface area contributed by atoms with E-state index in [0.717, 1.165) is 31.3 Å². The van der Waals surface area contributed by atoms with E-state index in [9.17, 15) is 9.59 Å². The summed E-state index contributed by atoms with van der Waals surface area (Å²) in [4.78, 5) is 26.4. The standard InChI is InChI=1S/C22H24N2O2/c1-3-4-7-12-17(2)20-21(25)23(18-13-8-5-9-14-18)24(22(20)26)19-15-10-6-11-16-19/h5-6,8-11,13-16H,3-4,7,12H2,1-2H3. The maximum atomic E-state index is 13.2. The highest BCUT2D eigenvalue weighted by molar-refractivity contribution is 6.36. The molecule has 2 amide bonds. The van der Waals surface area contributed by atoms with Gasteiger partial charge in [0.05, 0.1) is 11.4 Å². The van der Waals surface area contributed by atoms with E-state index in [1.54, 1.807) is 0 Å². The van der Waals surface area contributed by atoms with E-state index in [4.69, 9.17) is 0 Å². The van der Waals surface area contributed by atoms with Crippen LogP contribution in [0.1, 0.15) is 39.5 Å². The van der Waals surface area contributed by atoms with Crippen LogP contribution in [0.3, 0.4) is 0 Å². The van der Waals surface area contributed by atoms with Gasteiger partial charge < -0.3 is 0 Å². The monoisotopic (exact) mass is 348 g/mol. The van der Waals surface area contributed by atoms with Gasteiger partial charge in [0.1, 0.15) is 5.57 Å². The molecule has 134 valence electrons. The molecule has 1 heterocycles. The number of amides is 2. The molecule has 1 aliphatic heterocycles. The molecule has 26 heavy (non-hydrogen) atoms. The van der Waals surface area contributed by atoms with Crippen molar-refractivity contribution in [2.75, 3.05) is 10.0 Å². The number of rotatable bonds is 6. The van der Waals surface area contributed by atoms with E-state index < -0.39 is 0 Å². The van der Waals surface area contributed by atoms with Crippen molar-refractivity contribution in [1.82, 2.24) is 0 Å². The fourth-order valence-corrected chi connectivity index (χ4v) is 3.22. The second-order valence-electron chi connectivity index (χ2n) is 6.52. The Balaban J connectivity index is 2.05. The molecule has 0 aliphatic carbocycles. The van der Waals surface area contributed by atoms with Crippen molar-refractivity contribution in [3.63, 3.8) is 0 Å². The van der Waals surface area contributed by atoms with Gasteiger partial charge in [0.15, 0.2) is 0 Å². The maximum Gasteiger partial charge on any atom is 0.283 e. The Morgan fingerprint density at radius 1 is 0.769 bits per heavy atom. The second kappa shape index (κ2) is 8.00. The zero-order chi connectivity index (χ0) is 18.5. The summed E-state index contributed by atoms with van der Waals surface area (Å²) in [5, 5.41) is 2.96. The molecule has 0 saturated carbocycles. The minimum atomic E-state index is -0.251. The highest BCUT2D eigenvalue weighted by Gasteiger charge is 2.43. The quantitative estimate of drug-likeness (QED) is 0.424. The van der Waals surface area contributed by atoms with E-state index in [1.807, 2.05) is 67.6 Å². The van der Waals surface area contributed by atoms with Crippen LogP contribution in [-0.2, 0) is 9.59 Å². The Labute approximate surface area is 154 Å². The number of unbranched alkanes of at least 4 members (excludes halogenated alkanes) is 2. The number of carbonyl (C=O) groups is 2. The van der Waals surface area contributed by atoms with Crippen molar-refractivity contribution in [1.29, 1.82) is 0 Å². The summed E-state index contributed by atoms with van der Waals surface area (Å²) in [6, 6.07) is 18.6. The zero-order valence-electron chi connectivity index (χ0n) is 15.3. The highest BCUT2D eigenvalue weighted by Crippen LogP contribution is 2.33. The largest absolute Gasteiger partial charge is 0.283 e. The summed E-state index contributed by atoms with van der Waals surface area (Å²) >= 11 is 0. The van der Waals surface area contributed by atoms with Crippen LogP contribution < -0.4 is 10.0 Å². The summed E-state index contributed by atoms with van der Waals surface area (Å²) in [6.45, 7) is 4.04. The molecule has 1 aliphatic rings. The lowest BCUT2D eigenvalue weighted by molar-refractivity contribution is -0.116. The average molecular weight is 348 g/mol. The van der Waals surface area contributed by atoms with Gasteiger partial charge in [-0.15, -0.1) is 0 Å². The van der Waals surface area contributed by atoms with Crippen molar-refractivity contribution in [2.24, 2.45) is 0 Å². The fourth-order valence-electron chi connectivity index (χ4n) is 3.22. The molecule has 3 rings (SSSR count). The first kappa shape index (κ1) is 17.9. The third-order valence-electron chi connectivity index (χ3n) is 4.60. The van der Waals surface area contributed by atoms with Crippen LogP contribution >= 0.6 is 0 Å². The van der Waals surface area contributed by atoms with Crippen LogP contribution in [-0.4, -0.2) is 11.8 Å². The molecule has 0 atom stereocenters. The molecule has 2 aromatic carbocycles. The highest BCUT2D eigenvalue weighted by atomic mass is 16.2. The van der Waals surface area contributed by atoms with Crippen molar-refractivity contribution in [3.05, 3.63) is 71.8 Å². The van der Waals surface area contributed by atoms with Gasteiger partial charge >= 0.3 is 0 Å². The summed E-state index contributed by atoms with van der Waals surface area (Å²) in [5.41, 5.74) is 2.54. The average Bonchev–Trinajstić information content (AvgIpc) is 2.93. The van der Waals surface area contributed by atoms with Gasteiger partial charge in [-0.05, 0) is 44.0 Å². The number of hydrazine groups is 1. The van der Waals surface area contributed by atoms with Crippen LogP contribution in [0.5, 0.6) is 0 Å². The first-order chi connectivity index (χ1) is 12.6.